The summed E-state index contributed by atoms with van der Waals surface area (Å²) in [5.74, 6) is -0.233. The molecule has 0 aliphatic heterocycles. The normalized spacial score (nSPS) is 13.0. The second-order valence-corrected chi connectivity index (χ2v) is 7.09. The molecule has 0 saturated carbocycles. The highest BCUT2D eigenvalue weighted by Crippen LogP contribution is 2.03. The molecule has 0 aromatic rings. The summed E-state index contributed by atoms with van der Waals surface area (Å²) in [5.41, 5.74) is 0. The number of unbranched alkanes of at least 4 members (excludes halogenated alkanes) is 3. The van der Waals surface area contributed by atoms with Gasteiger partial charge in [0.1, 0.15) is 9.84 Å². The highest BCUT2D eigenvalue weighted by molar-refractivity contribution is 7.90. The summed E-state index contributed by atoms with van der Waals surface area (Å²) in [5, 5.41) is 0. The first kappa shape index (κ1) is 13.9. The van der Waals surface area contributed by atoms with Crippen molar-refractivity contribution in [3.63, 3.8) is 0 Å². The molecule has 0 bridgehead atoms. The van der Waals surface area contributed by atoms with E-state index in [2.05, 4.69) is 0 Å². The molecule has 0 heterocycles. The van der Waals surface area contributed by atoms with E-state index in [1.807, 2.05) is 0 Å². The van der Waals surface area contributed by atoms with Crippen molar-refractivity contribution >= 4 is 20.0 Å². The molecule has 0 saturated heterocycles. The molecule has 0 aromatic carbocycles. The molecule has 0 radical (unpaired) electrons. The zero-order chi connectivity index (χ0) is 11.2. The average Bonchev–Trinajstić information content (AvgIpc) is 1.92. The fraction of sp³-hybridized carbons (Fsp3) is 1.00. The van der Waals surface area contributed by atoms with Gasteiger partial charge in [-0.05, 0) is 12.8 Å². The van der Waals surface area contributed by atoms with Crippen molar-refractivity contribution in [2.24, 2.45) is 0 Å². The third-order valence-corrected chi connectivity index (χ3v) is 3.48. The van der Waals surface area contributed by atoms with Crippen LogP contribution in [0.4, 0.5) is 0 Å². The van der Waals surface area contributed by atoms with Gasteiger partial charge in [0, 0.05) is 17.8 Å². The summed E-state index contributed by atoms with van der Waals surface area (Å²) in [7, 11) is -7.03. The van der Waals surface area contributed by atoms with Gasteiger partial charge in [0.15, 0.2) is 0 Å². The van der Waals surface area contributed by atoms with Crippen LogP contribution < -0.4 is 0 Å². The minimum Gasteiger partial charge on any atom is -0.748 e. The molecule has 0 rings (SSSR count). The lowest BCUT2D eigenvalue weighted by Gasteiger charge is -2.05. The minimum atomic E-state index is -4.11. The summed E-state index contributed by atoms with van der Waals surface area (Å²) in [4.78, 5) is 0. The van der Waals surface area contributed by atoms with Gasteiger partial charge in [-0.25, -0.2) is 16.8 Å². The molecule has 0 unspecified atom stereocenters. The Labute approximate surface area is 85.2 Å². The highest BCUT2D eigenvalue weighted by atomic mass is 32.2. The third kappa shape index (κ3) is 11.9. The van der Waals surface area contributed by atoms with Crippen LogP contribution in [0.15, 0.2) is 0 Å². The number of sulfone groups is 1. The number of rotatable bonds is 7. The van der Waals surface area contributed by atoms with E-state index in [4.69, 9.17) is 0 Å². The predicted molar refractivity (Wildman–Crippen MR) is 52.7 cm³/mol. The van der Waals surface area contributed by atoms with Crippen LogP contribution in [0.5, 0.6) is 0 Å². The molecular formula is C7H15O5S2-. The van der Waals surface area contributed by atoms with E-state index in [1.165, 1.54) is 0 Å². The zero-order valence-corrected chi connectivity index (χ0v) is 9.73. The summed E-state index contributed by atoms with van der Waals surface area (Å²) in [6.07, 6.45) is 3.22. The average molecular weight is 243 g/mol. The Bertz CT molecular complexity index is 304. The van der Waals surface area contributed by atoms with Crippen LogP contribution in [-0.4, -0.2) is 39.1 Å². The van der Waals surface area contributed by atoms with Crippen LogP contribution in [0, 0.1) is 0 Å². The maximum Gasteiger partial charge on any atom is 0.147 e. The Morgan fingerprint density at radius 3 is 1.64 bits per heavy atom. The summed E-state index contributed by atoms with van der Waals surface area (Å²) in [6, 6.07) is 0. The van der Waals surface area contributed by atoms with Gasteiger partial charge in [0.05, 0.1) is 10.1 Å². The molecule has 0 spiro atoms. The summed E-state index contributed by atoms with van der Waals surface area (Å²) >= 11 is 0. The first-order chi connectivity index (χ1) is 6.21. The zero-order valence-electron chi connectivity index (χ0n) is 8.10. The quantitative estimate of drug-likeness (QED) is 0.468. The van der Waals surface area contributed by atoms with Gasteiger partial charge in [-0.2, -0.15) is 0 Å². The lowest BCUT2D eigenvalue weighted by Crippen LogP contribution is -2.05. The van der Waals surface area contributed by atoms with Gasteiger partial charge in [-0.1, -0.05) is 12.8 Å². The van der Waals surface area contributed by atoms with Gasteiger partial charge in [-0.3, -0.25) is 0 Å². The summed E-state index contributed by atoms with van der Waals surface area (Å²) < 4.78 is 51.9. The van der Waals surface area contributed by atoms with Crippen molar-refractivity contribution in [3.05, 3.63) is 0 Å². The van der Waals surface area contributed by atoms with Gasteiger partial charge in [-0.15, -0.1) is 0 Å². The first-order valence-electron chi connectivity index (χ1n) is 4.32. The predicted octanol–water partition coefficient (Wildman–Crippen LogP) is 0.137. The van der Waals surface area contributed by atoms with Crippen LogP contribution in [0.3, 0.4) is 0 Å². The summed E-state index contributed by atoms with van der Waals surface area (Å²) in [6.45, 7) is 0. The van der Waals surface area contributed by atoms with Gasteiger partial charge >= 0.3 is 0 Å². The molecule has 0 aliphatic rings. The Balaban J connectivity index is 3.41. The minimum absolute atomic E-state index is 0.122. The molecule has 0 atom stereocenters. The van der Waals surface area contributed by atoms with Crippen LogP contribution >= 0.6 is 0 Å². The van der Waals surface area contributed by atoms with E-state index in [0.29, 0.717) is 25.7 Å². The number of hydrogen-bond donors (Lipinski definition) is 0. The number of hydrogen-bond acceptors (Lipinski definition) is 5. The van der Waals surface area contributed by atoms with Crippen LogP contribution in [0.1, 0.15) is 25.7 Å². The molecule has 14 heavy (non-hydrogen) atoms. The molecule has 0 N–H and O–H groups in total. The monoisotopic (exact) mass is 243 g/mol. The van der Waals surface area contributed by atoms with E-state index in [-0.39, 0.29) is 11.5 Å². The second-order valence-electron chi connectivity index (χ2n) is 3.31. The Kier molecular flexibility index (Phi) is 5.61. The second kappa shape index (κ2) is 5.67. The van der Waals surface area contributed by atoms with E-state index in [0.717, 1.165) is 6.26 Å². The van der Waals surface area contributed by atoms with Crippen molar-refractivity contribution < 1.29 is 21.4 Å². The van der Waals surface area contributed by atoms with Crippen LogP contribution in [0.2, 0.25) is 0 Å². The molecule has 0 aliphatic carbocycles. The first-order valence-corrected chi connectivity index (χ1v) is 7.96. The molecule has 7 heteroatoms. The third-order valence-electron chi connectivity index (χ3n) is 1.66. The maximum absolute atomic E-state index is 10.7. The highest BCUT2D eigenvalue weighted by Gasteiger charge is 2.01. The largest absolute Gasteiger partial charge is 0.748 e. The van der Waals surface area contributed by atoms with Crippen molar-refractivity contribution in [3.8, 4) is 0 Å². The van der Waals surface area contributed by atoms with Crippen LogP contribution in [-0.2, 0) is 20.0 Å². The smallest absolute Gasteiger partial charge is 0.147 e. The molecule has 0 amide bonds. The van der Waals surface area contributed by atoms with Crippen molar-refractivity contribution in [1.29, 1.82) is 0 Å². The molecule has 5 nitrogen and oxygen atoms in total. The molecule has 86 valence electrons. The van der Waals surface area contributed by atoms with Crippen molar-refractivity contribution in [2.45, 2.75) is 25.7 Å². The van der Waals surface area contributed by atoms with Crippen molar-refractivity contribution in [2.75, 3.05) is 17.8 Å². The molecule has 0 aromatic heterocycles. The molecular weight excluding hydrogens is 228 g/mol. The van der Waals surface area contributed by atoms with E-state index < -0.39 is 20.0 Å². The fourth-order valence-corrected chi connectivity index (χ4v) is 2.28. The SMILES string of the molecule is CS(=O)(=O)CCCCCCS(=O)(=O)[O-]. The van der Waals surface area contributed by atoms with E-state index in [1.54, 1.807) is 0 Å². The lowest BCUT2D eigenvalue weighted by molar-refractivity contribution is 0.459. The standard InChI is InChI=1S/C7H16O5S2/c1-13(8,9)6-4-2-3-5-7-14(10,11)12/h2-7H2,1H3,(H,10,11,12)/p-1. The Morgan fingerprint density at radius 2 is 1.29 bits per heavy atom. The van der Waals surface area contributed by atoms with Gasteiger partial charge in [0.25, 0.3) is 0 Å². The molecule has 0 fully saturated rings. The van der Waals surface area contributed by atoms with Crippen LogP contribution in [0.25, 0.3) is 0 Å². The Morgan fingerprint density at radius 1 is 0.857 bits per heavy atom. The van der Waals surface area contributed by atoms with Gasteiger partial charge in [0.2, 0.25) is 0 Å². The Hall–Kier alpha value is -0.140. The maximum atomic E-state index is 10.7. The van der Waals surface area contributed by atoms with E-state index in [9.17, 15) is 21.4 Å². The van der Waals surface area contributed by atoms with E-state index >= 15 is 0 Å². The van der Waals surface area contributed by atoms with Gasteiger partial charge < -0.3 is 4.55 Å². The topological polar surface area (TPSA) is 91.3 Å². The fourth-order valence-electron chi connectivity index (χ4n) is 0.997. The van der Waals surface area contributed by atoms with Crippen molar-refractivity contribution in [1.82, 2.24) is 0 Å². The lowest BCUT2D eigenvalue weighted by atomic mass is 10.2.